The van der Waals surface area contributed by atoms with E-state index in [9.17, 15) is 4.79 Å². The Morgan fingerprint density at radius 1 is 1.37 bits per heavy atom. The number of nitrogens with one attached hydrogen (secondary N) is 2. The van der Waals surface area contributed by atoms with Gasteiger partial charge in [0.15, 0.2) is 0 Å². The first-order valence-electron chi connectivity index (χ1n) is 7.15. The molecule has 0 bridgehead atoms. The molecule has 0 aliphatic carbocycles. The SMILES string of the molecule is CC(CNC(=O)OC(C)(C)C)NCC1CCSCC1. The number of hydrogen-bond acceptors (Lipinski definition) is 4. The summed E-state index contributed by atoms with van der Waals surface area (Å²) >= 11 is 2.05. The van der Waals surface area contributed by atoms with Gasteiger partial charge in [-0.1, -0.05) is 0 Å². The van der Waals surface area contributed by atoms with Gasteiger partial charge >= 0.3 is 6.09 Å². The van der Waals surface area contributed by atoms with Crippen LogP contribution < -0.4 is 10.6 Å². The Bertz CT molecular complexity index is 273. The van der Waals surface area contributed by atoms with Crippen LogP contribution in [0.3, 0.4) is 0 Å². The third-order valence-electron chi connectivity index (χ3n) is 3.05. The first-order chi connectivity index (χ1) is 8.87. The lowest BCUT2D eigenvalue weighted by atomic mass is 10.0. The Morgan fingerprint density at radius 2 is 2.00 bits per heavy atom. The second kappa shape index (κ2) is 8.00. The molecule has 1 saturated heterocycles. The summed E-state index contributed by atoms with van der Waals surface area (Å²) in [5, 5.41) is 6.29. The largest absolute Gasteiger partial charge is 0.444 e. The summed E-state index contributed by atoms with van der Waals surface area (Å²) in [5.41, 5.74) is -0.430. The molecular formula is C14H28N2O2S. The fourth-order valence-electron chi connectivity index (χ4n) is 1.94. The number of alkyl carbamates (subject to hydrolysis) is 1. The maximum absolute atomic E-state index is 11.5. The lowest BCUT2D eigenvalue weighted by Crippen LogP contribution is -2.42. The number of amides is 1. The van der Waals surface area contributed by atoms with E-state index in [1.54, 1.807) is 0 Å². The topological polar surface area (TPSA) is 50.4 Å². The first kappa shape index (κ1) is 16.6. The molecule has 4 nitrogen and oxygen atoms in total. The zero-order valence-electron chi connectivity index (χ0n) is 12.6. The Kier molecular flexibility index (Phi) is 7.00. The molecule has 0 aromatic carbocycles. The molecule has 0 radical (unpaired) electrons. The molecule has 0 saturated carbocycles. The van der Waals surface area contributed by atoms with Crippen molar-refractivity contribution in [2.24, 2.45) is 5.92 Å². The maximum Gasteiger partial charge on any atom is 0.407 e. The van der Waals surface area contributed by atoms with E-state index < -0.39 is 5.60 Å². The summed E-state index contributed by atoms with van der Waals surface area (Å²) in [7, 11) is 0. The molecule has 1 unspecified atom stereocenters. The number of rotatable bonds is 5. The minimum atomic E-state index is -0.430. The summed E-state index contributed by atoms with van der Waals surface area (Å²) in [6.45, 7) is 9.36. The number of hydrogen-bond donors (Lipinski definition) is 2. The van der Waals surface area contributed by atoms with Gasteiger partial charge in [0.1, 0.15) is 5.60 Å². The standard InChI is InChI=1S/C14H28N2O2S/c1-11(9-16-13(17)18-14(2,3)4)15-10-12-5-7-19-8-6-12/h11-12,15H,5-10H2,1-4H3,(H,16,17). The summed E-state index contributed by atoms with van der Waals surface area (Å²) in [5.74, 6) is 3.37. The molecule has 19 heavy (non-hydrogen) atoms. The van der Waals surface area contributed by atoms with E-state index in [2.05, 4.69) is 29.3 Å². The summed E-state index contributed by atoms with van der Waals surface area (Å²) in [6.07, 6.45) is 2.28. The quantitative estimate of drug-likeness (QED) is 0.816. The molecule has 1 aliphatic rings. The monoisotopic (exact) mass is 288 g/mol. The molecule has 5 heteroatoms. The first-order valence-corrected chi connectivity index (χ1v) is 8.30. The van der Waals surface area contributed by atoms with Crippen LogP contribution in [0.1, 0.15) is 40.5 Å². The fraction of sp³-hybridized carbons (Fsp3) is 0.929. The van der Waals surface area contributed by atoms with Gasteiger partial charge in [-0.25, -0.2) is 4.79 Å². The molecular weight excluding hydrogens is 260 g/mol. The number of carbonyl (C=O) groups is 1. The number of carbonyl (C=O) groups excluding carboxylic acids is 1. The van der Waals surface area contributed by atoms with Crippen molar-refractivity contribution in [1.82, 2.24) is 10.6 Å². The van der Waals surface area contributed by atoms with Gasteiger partial charge in [0.25, 0.3) is 0 Å². The van der Waals surface area contributed by atoms with Gasteiger partial charge in [0, 0.05) is 12.6 Å². The smallest absolute Gasteiger partial charge is 0.407 e. The zero-order valence-corrected chi connectivity index (χ0v) is 13.4. The zero-order chi connectivity index (χ0) is 14.3. The van der Waals surface area contributed by atoms with E-state index in [4.69, 9.17) is 4.74 Å². The molecule has 1 atom stereocenters. The van der Waals surface area contributed by atoms with Crippen molar-refractivity contribution in [2.45, 2.75) is 52.2 Å². The lowest BCUT2D eigenvalue weighted by molar-refractivity contribution is 0.0523. The van der Waals surface area contributed by atoms with Gasteiger partial charge < -0.3 is 15.4 Å². The van der Waals surface area contributed by atoms with Gasteiger partial charge in [-0.05, 0) is 64.5 Å². The molecule has 1 aliphatic heterocycles. The van der Waals surface area contributed by atoms with Gasteiger partial charge in [-0.15, -0.1) is 0 Å². The normalized spacial score (nSPS) is 18.9. The maximum atomic E-state index is 11.5. The van der Waals surface area contributed by atoms with E-state index in [0.29, 0.717) is 6.54 Å². The van der Waals surface area contributed by atoms with Crippen molar-refractivity contribution in [3.8, 4) is 0 Å². The Labute approximate surface area is 121 Å². The van der Waals surface area contributed by atoms with Gasteiger partial charge in [-0.3, -0.25) is 0 Å². The Hall–Kier alpha value is -0.420. The molecule has 0 spiro atoms. The van der Waals surface area contributed by atoms with E-state index in [1.165, 1.54) is 24.3 Å². The predicted octanol–water partition coefficient (Wildman–Crippen LogP) is 2.63. The van der Waals surface area contributed by atoms with Crippen LogP contribution in [0.5, 0.6) is 0 Å². The van der Waals surface area contributed by atoms with Crippen LogP contribution in [0.25, 0.3) is 0 Å². The highest BCUT2D eigenvalue weighted by Gasteiger charge is 2.17. The highest BCUT2D eigenvalue weighted by Crippen LogP contribution is 2.21. The second-order valence-corrected chi connectivity index (χ2v) is 7.47. The van der Waals surface area contributed by atoms with Crippen LogP contribution in [0.15, 0.2) is 0 Å². The van der Waals surface area contributed by atoms with Gasteiger partial charge in [0.05, 0.1) is 0 Å². The minimum Gasteiger partial charge on any atom is -0.444 e. The minimum absolute atomic E-state index is 0.280. The van der Waals surface area contributed by atoms with E-state index in [0.717, 1.165) is 12.5 Å². The summed E-state index contributed by atoms with van der Waals surface area (Å²) in [4.78, 5) is 11.5. The number of thioether (sulfide) groups is 1. The van der Waals surface area contributed by atoms with E-state index in [-0.39, 0.29) is 12.1 Å². The van der Waals surface area contributed by atoms with E-state index in [1.807, 2.05) is 20.8 Å². The summed E-state index contributed by atoms with van der Waals surface area (Å²) in [6, 6.07) is 0.280. The Morgan fingerprint density at radius 3 is 2.58 bits per heavy atom. The number of ether oxygens (including phenoxy) is 1. The van der Waals surface area contributed by atoms with Crippen LogP contribution in [-0.2, 0) is 4.74 Å². The molecule has 2 N–H and O–H groups in total. The van der Waals surface area contributed by atoms with Gasteiger partial charge in [-0.2, -0.15) is 11.8 Å². The van der Waals surface area contributed by atoms with Crippen LogP contribution >= 0.6 is 11.8 Å². The van der Waals surface area contributed by atoms with Crippen molar-refractivity contribution in [3.05, 3.63) is 0 Å². The molecule has 1 amide bonds. The lowest BCUT2D eigenvalue weighted by Gasteiger charge is -2.24. The molecule has 0 aromatic heterocycles. The van der Waals surface area contributed by atoms with Crippen molar-refractivity contribution in [3.63, 3.8) is 0 Å². The summed E-state index contributed by atoms with van der Waals surface area (Å²) < 4.78 is 5.20. The van der Waals surface area contributed by atoms with E-state index >= 15 is 0 Å². The van der Waals surface area contributed by atoms with Crippen LogP contribution in [-0.4, -0.2) is 42.3 Å². The Balaban J connectivity index is 2.10. The highest BCUT2D eigenvalue weighted by atomic mass is 32.2. The third kappa shape index (κ3) is 8.37. The fourth-order valence-corrected chi connectivity index (χ4v) is 3.15. The van der Waals surface area contributed by atoms with Crippen molar-refractivity contribution >= 4 is 17.9 Å². The molecule has 1 heterocycles. The third-order valence-corrected chi connectivity index (χ3v) is 4.10. The average Bonchev–Trinajstić information content (AvgIpc) is 2.33. The average molecular weight is 288 g/mol. The molecule has 0 aromatic rings. The van der Waals surface area contributed by atoms with Crippen molar-refractivity contribution < 1.29 is 9.53 Å². The van der Waals surface area contributed by atoms with Crippen molar-refractivity contribution in [1.29, 1.82) is 0 Å². The van der Waals surface area contributed by atoms with Crippen LogP contribution in [0, 0.1) is 5.92 Å². The highest BCUT2D eigenvalue weighted by molar-refractivity contribution is 7.99. The van der Waals surface area contributed by atoms with Crippen LogP contribution in [0.2, 0.25) is 0 Å². The molecule has 1 fully saturated rings. The molecule has 112 valence electrons. The van der Waals surface area contributed by atoms with Crippen molar-refractivity contribution in [2.75, 3.05) is 24.6 Å². The second-order valence-electron chi connectivity index (χ2n) is 6.25. The van der Waals surface area contributed by atoms with Crippen LogP contribution in [0.4, 0.5) is 4.79 Å². The van der Waals surface area contributed by atoms with Gasteiger partial charge in [0.2, 0.25) is 0 Å². The molecule has 1 rings (SSSR count). The predicted molar refractivity (Wildman–Crippen MR) is 81.8 cm³/mol.